The quantitative estimate of drug-likeness (QED) is 0.546. The first-order chi connectivity index (χ1) is 14.5. The summed E-state index contributed by atoms with van der Waals surface area (Å²) >= 11 is 0. The van der Waals surface area contributed by atoms with Gasteiger partial charge >= 0.3 is 0 Å². The van der Waals surface area contributed by atoms with Gasteiger partial charge in [-0.2, -0.15) is 0 Å². The number of benzene rings is 1. The van der Waals surface area contributed by atoms with Crippen molar-refractivity contribution < 1.29 is 17.7 Å². The summed E-state index contributed by atoms with van der Waals surface area (Å²) in [5.74, 6) is 1.28. The molecule has 4 rings (SSSR count). The van der Waals surface area contributed by atoms with Crippen LogP contribution in [0.5, 0.6) is 5.75 Å². The summed E-state index contributed by atoms with van der Waals surface area (Å²) in [6, 6.07) is 13.7. The van der Waals surface area contributed by atoms with Gasteiger partial charge in [0.2, 0.25) is 0 Å². The van der Waals surface area contributed by atoms with Gasteiger partial charge in [0.05, 0.1) is 29.5 Å². The van der Waals surface area contributed by atoms with E-state index in [1.807, 2.05) is 43.4 Å². The highest BCUT2D eigenvalue weighted by Crippen LogP contribution is 2.28. The van der Waals surface area contributed by atoms with Gasteiger partial charge in [0, 0.05) is 42.4 Å². The molecule has 3 aromatic rings. The van der Waals surface area contributed by atoms with Crippen molar-refractivity contribution in [3.05, 3.63) is 66.2 Å². The van der Waals surface area contributed by atoms with Crippen molar-refractivity contribution in [3.8, 4) is 17.0 Å². The maximum absolute atomic E-state index is 11.7. The summed E-state index contributed by atoms with van der Waals surface area (Å²) in [5.41, 5.74) is 3.78. The monoisotopic (exact) mass is 427 g/mol. The number of sulfone groups is 1. The van der Waals surface area contributed by atoms with Crippen LogP contribution in [0.4, 0.5) is 0 Å². The van der Waals surface area contributed by atoms with Crippen molar-refractivity contribution in [2.75, 3.05) is 25.2 Å². The van der Waals surface area contributed by atoms with Crippen LogP contribution in [0.3, 0.4) is 0 Å². The number of aromatic nitrogens is 2. The Kier molecular flexibility index (Phi) is 6.15. The van der Waals surface area contributed by atoms with E-state index in [-0.39, 0.29) is 17.4 Å². The molecule has 0 radical (unpaired) electrons. The lowest BCUT2D eigenvalue weighted by Gasteiger charge is -2.20. The molecule has 1 unspecified atom stereocenters. The van der Waals surface area contributed by atoms with E-state index in [9.17, 15) is 8.42 Å². The summed E-state index contributed by atoms with van der Waals surface area (Å²) in [5, 5.41) is 3.97. The van der Waals surface area contributed by atoms with Gasteiger partial charge in [-0.25, -0.2) is 8.42 Å². The topological polar surface area (TPSA) is 85.5 Å². The molecule has 2 aromatic heterocycles. The predicted molar refractivity (Wildman–Crippen MR) is 114 cm³/mol. The SMILES string of the molecule is CN(Cc1ccon1)Cc1cc(-c2ccccn2)ccc1OCC1CCS(=O)(=O)C1. The second-order valence-electron chi connectivity index (χ2n) is 7.78. The summed E-state index contributed by atoms with van der Waals surface area (Å²) in [6.45, 7) is 1.69. The molecule has 1 aromatic carbocycles. The van der Waals surface area contributed by atoms with E-state index < -0.39 is 9.84 Å². The highest BCUT2D eigenvalue weighted by Gasteiger charge is 2.28. The first kappa shape index (κ1) is 20.6. The smallest absolute Gasteiger partial charge is 0.150 e. The molecular weight excluding hydrogens is 402 g/mol. The summed E-state index contributed by atoms with van der Waals surface area (Å²) in [7, 11) is -0.904. The van der Waals surface area contributed by atoms with Crippen molar-refractivity contribution in [3.63, 3.8) is 0 Å². The molecule has 8 heteroatoms. The minimum atomic E-state index is -2.91. The molecule has 158 valence electrons. The number of ether oxygens (including phenoxy) is 1. The predicted octanol–water partition coefficient (Wildman–Crippen LogP) is 3.18. The molecule has 0 N–H and O–H groups in total. The van der Waals surface area contributed by atoms with Crippen LogP contribution in [0.25, 0.3) is 11.3 Å². The molecule has 1 aliphatic rings. The Morgan fingerprint density at radius 1 is 1.20 bits per heavy atom. The third kappa shape index (κ3) is 5.25. The van der Waals surface area contributed by atoms with Crippen LogP contribution >= 0.6 is 0 Å². The van der Waals surface area contributed by atoms with Crippen LogP contribution in [0.2, 0.25) is 0 Å². The summed E-state index contributed by atoms with van der Waals surface area (Å²) < 4.78 is 34.5. The standard InChI is InChI=1S/C22H25N3O4S/c1-25(14-20-7-10-29-24-20)13-19-12-18(21-4-2-3-9-23-21)5-6-22(19)28-15-17-8-11-30(26,27)16-17/h2-7,9-10,12,17H,8,11,13-16H2,1H3. The summed E-state index contributed by atoms with van der Waals surface area (Å²) in [6.07, 6.45) is 4.00. The Hall–Kier alpha value is -2.71. The molecular formula is C22H25N3O4S. The molecule has 3 heterocycles. The molecule has 0 saturated carbocycles. The Balaban J connectivity index is 1.53. The number of hydrogen-bond donors (Lipinski definition) is 0. The minimum absolute atomic E-state index is 0.0474. The number of rotatable bonds is 8. The van der Waals surface area contributed by atoms with Gasteiger partial charge in [-0.05, 0) is 43.8 Å². The van der Waals surface area contributed by atoms with Gasteiger partial charge in [0.1, 0.15) is 12.0 Å². The van der Waals surface area contributed by atoms with E-state index in [1.54, 1.807) is 12.5 Å². The Morgan fingerprint density at radius 2 is 2.10 bits per heavy atom. The molecule has 0 bridgehead atoms. The van der Waals surface area contributed by atoms with Crippen molar-refractivity contribution >= 4 is 9.84 Å². The highest BCUT2D eigenvalue weighted by molar-refractivity contribution is 7.91. The second-order valence-corrected chi connectivity index (χ2v) is 10.0. The van der Waals surface area contributed by atoms with Crippen molar-refractivity contribution in [1.29, 1.82) is 0 Å². The number of hydrogen-bond acceptors (Lipinski definition) is 7. The number of pyridine rings is 1. The maximum Gasteiger partial charge on any atom is 0.150 e. The van der Waals surface area contributed by atoms with E-state index >= 15 is 0 Å². The first-order valence-corrected chi connectivity index (χ1v) is 11.8. The van der Waals surface area contributed by atoms with E-state index in [0.29, 0.717) is 26.1 Å². The molecule has 1 saturated heterocycles. The number of nitrogens with zero attached hydrogens (tertiary/aromatic N) is 3. The molecule has 1 atom stereocenters. The highest BCUT2D eigenvalue weighted by atomic mass is 32.2. The van der Waals surface area contributed by atoms with Gasteiger partial charge in [-0.3, -0.25) is 9.88 Å². The lowest BCUT2D eigenvalue weighted by molar-refractivity contribution is 0.251. The zero-order chi connectivity index (χ0) is 21.0. The fourth-order valence-electron chi connectivity index (χ4n) is 3.69. The van der Waals surface area contributed by atoms with Crippen LogP contribution in [0.15, 0.2) is 59.4 Å². The Labute approximate surface area is 176 Å². The molecule has 1 fully saturated rings. The Morgan fingerprint density at radius 3 is 2.80 bits per heavy atom. The molecule has 0 aliphatic carbocycles. The fourth-order valence-corrected chi connectivity index (χ4v) is 5.53. The van der Waals surface area contributed by atoms with Crippen molar-refractivity contribution in [2.45, 2.75) is 19.5 Å². The molecule has 0 spiro atoms. The van der Waals surface area contributed by atoms with E-state index in [2.05, 4.69) is 21.1 Å². The van der Waals surface area contributed by atoms with Gasteiger partial charge in [0.15, 0.2) is 9.84 Å². The lowest BCUT2D eigenvalue weighted by atomic mass is 10.1. The van der Waals surface area contributed by atoms with Crippen LogP contribution in [-0.4, -0.2) is 48.6 Å². The lowest BCUT2D eigenvalue weighted by Crippen LogP contribution is -2.19. The fraction of sp³-hybridized carbons (Fsp3) is 0.364. The van der Waals surface area contributed by atoms with Crippen molar-refractivity contribution in [1.82, 2.24) is 15.0 Å². The maximum atomic E-state index is 11.7. The molecule has 7 nitrogen and oxygen atoms in total. The van der Waals surface area contributed by atoms with Crippen LogP contribution in [0.1, 0.15) is 17.7 Å². The summed E-state index contributed by atoms with van der Waals surface area (Å²) in [4.78, 5) is 6.57. The second kappa shape index (κ2) is 8.97. The first-order valence-electron chi connectivity index (χ1n) is 9.94. The van der Waals surface area contributed by atoms with Gasteiger partial charge in [0.25, 0.3) is 0 Å². The molecule has 0 amide bonds. The van der Waals surface area contributed by atoms with E-state index in [4.69, 9.17) is 9.26 Å². The third-order valence-electron chi connectivity index (χ3n) is 5.19. The van der Waals surface area contributed by atoms with E-state index in [0.717, 1.165) is 28.3 Å². The average molecular weight is 428 g/mol. The van der Waals surface area contributed by atoms with Crippen LogP contribution < -0.4 is 4.74 Å². The molecule has 1 aliphatic heterocycles. The zero-order valence-electron chi connectivity index (χ0n) is 16.9. The van der Waals surface area contributed by atoms with E-state index in [1.165, 1.54) is 0 Å². The largest absolute Gasteiger partial charge is 0.493 e. The van der Waals surface area contributed by atoms with Crippen LogP contribution in [-0.2, 0) is 22.9 Å². The zero-order valence-corrected chi connectivity index (χ0v) is 17.7. The van der Waals surface area contributed by atoms with Gasteiger partial charge in [-0.1, -0.05) is 11.2 Å². The van der Waals surface area contributed by atoms with Gasteiger partial charge in [-0.15, -0.1) is 0 Å². The third-order valence-corrected chi connectivity index (χ3v) is 7.02. The Bertz CT molecular complexity index is 1070. The van der Waals surface area contributed by atoms with Gasteiger partial charge < -0.3 is 9.26 Å². The molecule has 30 heavy (non-hydrogen) atoms. The van der Waals surface area contributed by atoms with Crippen molar-refractivity contribution in [2.24, 2.45) is 5.92 Å². The van der Waals surface area contributed by atoms with Crippen LogP contribution in [0, 0.1) is 5.92 Å². The average Bonchev–Trinajstić information content (AvgIpc) is 3.36. The minimum Gasteiger partial charge on any atom is -0.493 e. The normalized spacial score (nSPS) is 18.0.